The first-order valence-corrected chi connectivity index (χ1v) is 15.1. The molecule has 2 amide bonds. The van der Waals surface area contributed by atoms with Crippen molar-refractivity contribution in [3.8, 4) is 5.75 Å². The van der Waals surface area contributed by atoms with E-state index in [9.17, 15) is 9.59 Å². The molecule has 0 aliphatic heterocycles. The fourth-order valence-corrected chi connectivity index (χ4v) is 6.04. The molecule has 39 heavy (non-hydrogen) atoms. The highest BCUT2D eigenvalue weighted by atomic mass is 35.5. The monoisotopic (exact) mass is 564 g/mol. The van der Waals surface area contributed by atoms with Crippen molar-refractivity contribution in [2.45, 2.75) is 62.9 Å². The van der Waals surface area contributed by atoms with Gasteiger partial charge in [-0.3, -0.25) is 9.59 Å². The number of benzene rings is 3. The summed E-state index contributed by atoms with van der Waals surface area (Å²) < 4.78 is 5.25. The van der Waals surface area contributed by atoms with Crippen LogP contribution in [-0.2, 0) is 28.3 Å². The first-order valence-electron chi connectivity index (χ1n) is 13.6. The van der Waals surface area contributed by atoms with Crippen molar-refractivity contribution in [1.29, 1.82) is 0 Å². The van der Waals surface area contributed by atoms with Crippen LogP contribution < -0.4 is 10.1 Å². The molecule has 1 saturated carbocycles. The fourth-order valence-electron chi connectivity index (χ4n) is 4.97. The van der Waals surface area contributed by atoms with Crippen molar-refractivity contribution in [2.75, 3.05) is 12.9 Å². The van der Waals surface area contributed by atoms with E-state index < -0.39 is 6.04 Å². The molecule has 1 N–H and O–H groups in total. The van der Waals surface area contributed by atoms with E-state index in [1.54, 1.807) is 23.8 Å². The Bertz CT molecular complexity index is 1200. The second kappa shape index (κ2) is 15.0. The van der Waals surface area contributed by atoms with E-state index in [0.29, 0.717) is 17.2 Å². The van der Waals surface area contributed by atoms with Crippen molar-refractivity contribution in [3.63, 3.8) is 0 Å². The van der Waals surface area contributed by atoms with Crippen molar-refractivity contribution >= 4 is 35.2 Å². The minimum atomic E-state index is -0.639. The standard InChI is InChI=1S/C32H37ClN2O3S/c1-38-28-18-16-25(17-19-28)22-39-23-31(36)35(21-26-12-8-9-15-29(26)33)30(20-24-10-4-2-5-11-24)32(37)34-27-13-6-3-7-14-27/h2,4-5,8-12,15-19,27,30H,3,6-7,13-14,20-23H2,1H3,(H,34,37)/t30-/m1/s1. The zero-order chi connectivity index (χ0) is 27.5. The van der Waals surface area contributed by atoms with Gasteiger partial charge in [0.2, 0.25) is 11.8 Å². The van der Waals surface area contributed by atoms with E-state index in [2.05, 4.69) is 5.32 Å². The maximum atomic E-state index is 13.8. The Balaban J connectivity index is 1.55. The van der Waals surface area contributed by atoms with Gasteiger partial charge in [0.25, 0.3) is 0 Å². The largest absolute Gasteiger partial charge is 0.497 e. The molecule has 1 atom stereocenters. The number of rotatable bonds is 12. The average Bonchev–Trinajstić information content (AvgIpc) is 2.97. The summed E-state index contributed by atoms with van der Waals surface area (Å²) in [4.78, 5) is 29.4. The molecule has 3 aromatic rings. The summed E-state index contributed by atoms with van der Waals surface area (Å²) >= 11 is 8.07. The van der Waals surface area contributed by atoms with Gasteiger partial charge in [-0.1, -0.05) is 91.5 Å². The van der Waals surface area contributed by atoms with Crippen molar-refractivity contribution in [1.82, 2.24) is 10.2 Å². The topological polar surface area (TPSA) is 58.6 Å². The van der Waals surface area contributed by atoms with Gasteiger partial charge in [0, 0.05) is 29.8 Å². The molecular formula is C32H37ClN2O3S. The maximum absolute atomic E-state index is 13.8. The van der Waals surface area contributed by atoms with Gasteiger partial charge in [0.15, 0.2) is 0 Å². The van der Waals surface area contributed by atoms with Gasteiger partial charge in [-0.2, -0.15) is 0 Å². The number of hydrogen-bond donors (Lipinski definition) is 1. The zero-order valence-electron chi connectivity index (χ0n) is 22.5. The zero-order valence-corrected chi connectivity index (χ0v) is 24.1. The molecule has 0 spiro atoms. The van der Waals surface area contributed by atoms with Crippen LogP contribution in [0.5, 0.6) is 5.75 Å². The van der Waals surface area contributed by atoms with E-state index in [0.717, 1.165) is 48.1 Å². The Morgan fingerprint density at radius 2 is 1.64 bits per heavy atom. The minimum absolute atomic E-state index is 0.0758. The summed E-state index contributed by atoms with van der Waals surface area (Å²) in [6, 6.07) is 24.8. The molecule has 0 saturated heterocycles. The number of halogens is 1. The summed E-state index contributed by atoms with van der Waals surface area (Å²) in [5.74, 6) is 1.59. The highest BCUT2D eigenvalue weighted by Gasteiger charge is 2.32. The molecule has 7 heteroatoms. The minimum Gasteiger partial charge on any atom is -0.497 e. The Labute approximate surface area is 241 Å². The van der Waals surface area contributed by atoms with Crippen molar-refractivity contribution in [2.24, 2.45) is 0 Å². The number of methoxy groups -OCH3 is 1. The summed E-state index contributed by atoms with van der Waals surface area (Å²) in [5, 5.41) is 3.87. The molecule has 1 aliphatic carbocycles. The summed E-state index contributed by atoms with van der Waals surface area (Å²) in [5.41, 5.74) is 2.96. The van der Waals surface area contributed by atoms with Gasteiger partial charge in [-0.05, 0) is 47.7 Å². The summed E-state index contributed by atoms with van der Waals surface area (Å²) in [7, 11) is 1.65. The van der Waals surface area contributed by atoms with E-state index in [4.69, 9.17) is 16.3 Å². The number of nitrogens with one attached hydrogen (secondary N) is 1. The maximum Gasteiger partial charge on any atom is 0.243 e. The van der Waals surface area contributed by atoms with E-state index in [1.807, 2.05) is 78.9 Å². The first-order chi connectivity index (χ1) is 19.0. The number of hydrogen-bond acceptors (Lipinski definition) is 4. The van der Waals surface area contributed by atoms with E-state index >= 15 is 0 Å². The van der Waals surface area contributed by atoms with Gasteiger partial charge in [-0.15, -0.1) is 11.8 Å². The highest BCUT2D eigenvalue weighted by molar-refractivity contribution is 7.99. The Morgan fingerprint density at radius 1 is 0.949 bits per heavy atom. The van der Waals surface area contributed by atoms with Gasteiger partial charge in [0.05, 0.1) is 12.9 Å². The first kappa shape index (κ1) is 29.0. The number of amides is 2. The molecule has 0 bridgehead atoms. The van der Waals surface area contributed by atoms with Crippen LogP contribution >= 0.6 is 23.4 Å². The van der Waals surface area contributed by atoms with Crippen LogP contribution in [0.1, 0.15) is 48.8 Å². The van der Waals surface area contributed by atoms with Gasteiger partial charge in [-0.25, -0.2) is 0 Å². The number of ether oxygens (including phenoxy) is 1. The predicted octanol–water partition coefficient (Wildman–Crippen LogP) is 6.67. The van der Waals surface area contributed by atoms with Crippen LogP contribution in [0.2, 0.25) is 5.02 Å². The lowest BCUT2D eigenvalue weighted by Crippen LogP contribution is -2.53. The quantitative estimate of drug-likeness (QED) is 0.267. The van der Waals surface area contributed by atoms with Gasteiger partial charge < -0.3 is 15.0 Å². The fraction of sp³-hybridized carbons (Fsp3) is 0.375. The van der Waals surface area contributed by atoms with Crippen LogP contribution in [0.4, 0.5) is 0 Å². The van der Waals surface area contributed by atoms with Gasteiger partial charge >= 0.3 is 0 Å². The van der Waals surface area contributed by atoms with Crippen molar-refractivity contribution in [3.05, 3.63) is 101 Å². The SMILES string of the molecule is COc1ccc(CSCC(=O)N(Cc2ccccc2Cl)[C@H](Cc2ccccc2)C(=O)NC2CCCCC2)cc1. The smallest absolute Gasteiger partial charge is 0.243 e. The predicted molar refractivity (Wildman–Crippen MR) is 160 cm³/mol. The second-order valence-electron chi connectivity index (χ2n) is 10.0. The second-order valence-corrected chi connectivity index (χ2v) is 11.4. The molecule has 0 radical (unpaired) electrons. The van der Waals surface area contributed by atoms with Crippen molar-refractivity contribution < 1.29 is 14.3 Å². The Morgan fingerprint density at radius 3 is 2.33 bits per heavy atom. The molecule has 1 fully saturated rings. The molecular weight excluding hydrogens is 528 g/mol. The highest BCUT2D eigenvalue weighted by Crippen LogP contribution is 2.24. The third-order valence-corrected chi connectivity index (χ3v) is 8.53. The molecule has 0 heterocycles. The molecule has 0 aromatic heterocycles. The van der Waals surface area contributed by atoms with Crippen LogP contribution in [0.25, 0.3) is 0 Å². The Hall–Kier alpha value is -2.96. The van der Waals surface area contributed by atoms with E-state index in [-0.39, 0.29) is 30.2 Å². The number of carbonyl (C=O) groups is 2. The number of thioether (sulfide) groups is 1. The molecule has 206 valence electrons. The number of carbonyl (C=O) groups excluding carboxylic acids is 2. The molecule has 0 unspecified atom stereocenters. The van der Waals surface area contributed by atoms with Gasteiger partial charge in [0.1, 0.15) is 11.8 Å². The lowest BCUT2D eigenvalue weighted by Gasteiger charge is -2.33. The number of nitrogens with zero attached hydrogens (tertiary/aromatic N) is 1. The molecule has 1 aliphatic rings. The lowest BCUT2D eigenvalue weighted by molar-refractivity contribution is -0.139. The Kier molecular flexibility index (Phi) is 11.2. The third-order valence-electron chi connectivity index (χ3n) is 7.17. The molecule has 3 aromatic carbocycles. The van der Waals surface area contributed by atoms with E-state index in [1.165, 1.54) is 6.42 Å². The normalized spacial score (nSPS) is 14.4. The lowest BCUT2D eigenvalue weighted by atomic mass is 9.94. The molecule has 4 rings (SSSR count). The molecule has 5 nitrogen and oxygen atoms in total. The summed E-state index contributed by atoms with van der Waals surface area (Å²) in [6.07, 6.45) is 5.87. The van der Waals surface area contributed by atoms with Crippen LogP contribution in [0.3, 0.4) is 0 Å². The van der Waals surface area contributed by atoms with Crippen LogP contribution in [0.15, 0.2) is 78.9 Å². The van der Waals surface area contributed by atoms with Crippen LogP contribution in [0, 0.1) is 0 Å². The average molecular weight is 565 g/mol. The third kappa shape index (κ3) is 8.77. The summed E-state index contributed by atoms with van der Waals surface area (Å²) in [6.45, 7) is 0.275. The van der Waals surface area contributed by atoms with Crippen LogP contribution in [-0.4, -0.2) is 41.7 Å².